The molecule has 8 heteroatoms. The monoisotopic (exact) mass is 341 g/mol. The van der Waals surface area contributed by atoms with Crippen LogP contribution in [0.25, 0.3) is 17.7 Å². The van der Waals surface area contributed by atoms with E-state index in [0.29, 0.717) is 18.8 Å². The number of hydrogen-bond acceptors (Lipinski definition) is 6. The molecule has 6 nitrogen and oxygen atoms in total. The van der Waals surface area contributed by atoms with E-state index >= 15 is 0 Å². The van der Waals surface area contributed by atoms with Crippen LogP contribution in [0.3, 0.4) is 0 Å². The molecule has 0 N–H and O–H groups in total. The smallest absolute Gasteiger partial charge is 0.314 e. The molecule has 0 aliphatic carbocycles. The van der Waals surface area contributed by atoms with E-state index in [-0.39, 0.29) is 5.89 Å². The highest BCUT2D eigenvalue weighted by Gasteiger charge is 2.17. The summed E-state index contributed by atoms with van der Waals surface area (Å²) < 4.78 is 29.9. The van der Waals surface area contributed by atoms with Gasteiger partial charge >= 0.3 is 6.43 Å². The Bertz CT molecular complexity index is 1000. The summed E-state index contributed by atoms with van der Waals surface area (Å²) in [7, 11) is 0. The number of hydrogen-bond donors (Lipinski definition) is 0. The molecule has 0 saturated carbocycles. The van der Waals surface area contributed by atoms with E-state index in [1.807, 2.05) is 35.4 Å². The summed E-state index contributed by atoms with van der Waals surface area (Å²) in [5, 5.41) is 8.96. The highest BCUT2D eigenvalue weighted by molar-refractivity contribution is 5.50. The van der Waals surface area contributed by atoms with E-state index in [4.69, 9.17) is 4.42 Å². The van der Waals surface area contributed by atoms with E-state index in [9.17, 15) is 8.78 Å². The van der Waals surface area contributed by atoms with Gasteiger partial charge in [0.25, 0.3) is 5.89 Å². The largest absolute Gasteiger partial charge is 0.415 e. The van der Waals surface area contributed by atoms with Gasteiger partial charge in [-0.3, -0.25) is 9.98 Å². The minimum Gasteiger partial charge on any atom is -0.415 e. The summed E-state index contributed by atoms with van der Waals surface area (Å²) in [4.78, 5) is 10.9. The zero-order chi connectivity index (χ0) is 17.2. The SMILES string of the molecule is FC(F)c1nnc(-c2ccc(CN3C=c4ccccc4=NC3)nc2)o1. The van der Waals surface area contributed by atoms with Gasteiger partial charge in [-0.2, -0.15) is 8.78 Å². The van der Waals surface area contributed by atoms with Gasteiger partial charge in [0.05, 0.1) is 23.2 Å². The molecule has 0 amide bonds. The van der Waals surface area contributed by atoms with Gasteiger partial charge in [0.1, 0.15) is 6.67 Å². The van der Waals surface area contributed by atoms with Crippen LogP contribution in [0.5, 0.6) is 0 Å². The maximum absolute atomic E-state index is 12.5. The second-order valence-electron chi connectivity index (χ2n) is 5.52. The number of halogens is 2. The highest BCUT2D eigenvalue weighted by Crippen LogP contribution is 2.22. The molecule has 25 heavy (non-hydrogen) atoms. The van der Waals surface area contributed by atoms with E-state index in [1.165, 1.54) is 6.20 Å². The summed E-state index contributed by atoms with van der Waals surface area (Å²) in [5.74, 6) is -0.662. The van der Waals surface area contributed by atoms with Crippen molar-refractivity contribution in [2.24, 2.45) is 4.99 Å². The van der Waals surface area contributed by atoms with Crippen molar-refractivity contribution in [3.8, 4) is 11.5 Å². The second-order valence-corrected chi connectivity index (χ2v) is 5.52. The Morgan fingerprint density at radius 1 is 1.12 bits per heavy atom. The first-order valence-electron chi connectivity index (χ1n) is 7.61. The standard InChI is InChI=1S/C17H13F2N5O/c18-15(19)17-23-22-16(25-17)11-5-6-13(20-7-11)9-24-8-12-3-1-2-4-14(12)21-10-24/h1-8,15H,9-10H2. The molecule has 0 bridgehead atoms. The summed E-state index contributed by atoms with van der Waals surface area (Å²) >= 11 is 0. The fourth-order valence-electron chi connectivity index (χ4n) is 2.53. The number of aromatic nitrogens is 3. The van der Waals surface area contributed by atoms with Crippen molar-refractivity contribution < 1.29 is 13.2 Å². The van der Waals surface area contributed by atoms with E-state index in [0.717, 1.165) is 16.3 Å². The van der Waals surface area contributed by atoms with Gasteiger partial charge in [0.15, 0.2) is 0 Å². The maximum Gasteiger partial charge on any atom is 0.314 e. The van der Waals surface area contributed by atoms with Crippen molar-refractivity contribution in [3.63, 3.8) is 0 Å². The summed E-state index contributed by atoms with van der Waals surface area (Å²) in [6.45, 7) is 1.14. The molecule has 4 rings (SSSR count). The van der Waals surface area contributed by atoms with Gasteiger partial charge in [0, 0.05) is 17.6 Å². The summed E-state index contributed by atoms with van der Waals surface area (Å²) in [5.41, 5.74) is 1.32. The lowest BCUT2D eigenvalue weighted by atomic mass is 10.2. The molecule has 0 unspecified atom stereocenters. The van der Waals surface area contributed by atoms with Crippen molar-refractivity contribution in [1.82, 2.24) is 20.1 Å². The molecular formula is C17H13F2N5O. The van der Waals surface area contributed by atoms with Crippen LogP contribution in [0.1, 0.15) is 18.0 Å². The second kappa shape index (κ2) is 6.39. The topological polar surface area (TPSA) is 67.4 Å². The lowest BCUT2D eigenvalue weighted by Gasteiger charge is -2.20. The minimum atomic E-state index is -2.78. The van der Waals surface area contributed by atoms with Crippen molar-refractivity contribution in [2.75, 3.05) is 6.67 Å². The molecule has 0 fully saturated rings. The normalized spacial score (nSPS) is 13.3. The Balaban J connectivity index is 1.50. The molecule has 0 atom stereocenters. The van der Waals surface area contributed by atoms with Crippen molar-refractivity contribution in [2.45, 2.75) is 13.0 Å². The average molecular weight is 341 g/mol. The van der Waals surface area contributed by atoms with Gasteiger partial charge in [-0.25, -0.2) is 0 Å². The number of para-hydroxylation sites is 1. The Labute approximate surface area is 141 Å². The third kappa shape index (κ3) is 3.23. The van der Waals surface area contributed by atoms with Crippen LogP contribution in [0.15, 0.2) is 52.0 Å². The van der Waals surface area contributed by atoms with Gasteiger partial charge < -0.3 is 9.32 Å². The quantitative estimate of drug-likeness (QED) is 0.725. The summed E-state index contributed by atoms with van der Waals surface area (Å²) in [6, 6.07) is 11.4. The summed E-state index contributed by atoms with van der Waals surface area (Å²) in [6.07, 6.45) is 0.799. The third-order valence-electron chi connectivity index (χ3n) is 3.75. The Hall–Kier alpha value is -3.16. The zero-order valence-corrected chi connectivity index (χ0v) is 13.0. The van der Waals surface area contributed by atoms with Crippen LogP contribution in [-0.4, -0.2) is 26.7 Å². The molecule has 1 aliphatic rings. The van der Waals surface area contributed by atoms with Crippen LogP contribution in [-0.2, 0) is 6.54 Å². The number of alkyl halides is 2. The first-order chi connectivity index (χ1) is 12.2. The molecule has 0 radical (unpaired) electrons. The van der Waals surface area contributed by atoms with Crippen LogP contribution in [0.4, 0.5) is 8.78 Å². The predicted octanol–water partition coefficient (Wildman–Crippen LogP) is 1.90. The van der Waals surface area contributed by atoms with Crippen LogP contribution in [0.2, 0.25) is 0 Å². The van der Waals surface area contributed by atoms with E-state index in [1.54, 1.807) is 12.1 Å². The third-order valence-corrected chi connectivity index (χ3v) is 3.75. The predicted molar refractivity (Wildman–Crippen MR) is 84.6 cm³/mol. The molecule has 1 aliphatic heterocycles. The molecule has 2 aromatic heterocycles. The Morgan fingerprint density at radius 2 is 2.00 bits per heavy atom. The zero-order valence-electron chi connectivity index (χ0n) is 13.0. The Morgan fingerprint density at radius 3 is 2.76 bits per heavy atom. The fraction of sp³-hybridized carbons (Fsp3) is 0.176. The van der Waals surface area contributed by atoms with Gasteiger partial charge in [-0.05, 0) is 18.2 Å². The minimum absolute atomic E-state index is 0.0304. The molecule has 0 spiro atoms. The number of pyridine rings is 1. The molecular weight excluding hydrogens is 328 g/mol. The van der Waals surface area contributed by atoms with Gasteiger partial charge in [-0.15, -0.1) is 10.2 Å². The van der Waals surface area contributed by atoms with Crippen molar-refractivity contribution >= 4 is 6.20 Å². The highest BCUT2D eigenvalue weighted by atomic mass is 19.3. The van der Waals surface area contributed by atoms with Gasteiger partial charge in [-0.1, -0.05) is 18.2 Å². The van der Waals surface area contributed by atoms with Gasteiger partial charge in [0.2, 0.25) is 5.89 Å². The first kappa shape index (κ1) is 15.4. The Kier molecular flexibility index (Phi) is 3.93. The lowest BCUT2D eigenvalue weighted by Crippen LogP contribution is -2.35. The molecule has 0 saturated heterocycles. The molecule has 3 heterocycles. The molecule has 3 aromatic rings. The number of rotatable bonds is 4. The lowest BCUT2D eigenvalue weighted by molar-refractivity contribution is 0.116. The van der Waals surface area contributed by atoms with Crippen molar-refractivity contribution in [1.29, 1.82) is 0 Å². The van der Waals surface area contributed by atoms with E-state index < -0.39 is 12.3 Å². The number of fused-ring (bicyclic) bond motifs is 1. The van der Waals surface area contributed by atoms with Crippen LogP contribution < -0.4 is 10.6 Å². The van der Waals surface area contributed by atoms with Crippen molar-refractivity contribution in [3.05, 3.63) is 64.8 Å². The molecule has 126 valence electrons. The number of benzene rings is 1. The fourth-order valence-corrected chi connectivity index (χ4v) is 2.53. The first-order valence-corrected chi connectivity index (χ1v) is 7.61. The maximum atomic E-state index is 12.5. The van der Waals surface area contributed by atoms with Crippen LogP contribution in [0, 0.1) is 0 Å². The molecule has 1 aromatic carbocycles. The van der Waals surface area contributed by atoms with Crippen LogP contribution >= 0.6 is 0 Å². The average Bonchev–Trinajstić information content (AvgIpc) is 3.13. The number of nitrogens with zero attached hydrogens (tertiary/aromatic N) is 5. The van der Waals surface area contributed by atoms with E-state index in [2.05, 4.69) is 20.2 Å².